The minimum Gasteiger partial charge on any atom is -0.496 e. The molecule has 1 fully saturated rings. The third-order valence-corrected chi connectivity index (χ3v) is 3.87. The number of hydrogen-bond donors (Lipinski definition) is 1. The first-order chi connectivity index (χ1) is 9.45. The second-order valence-corrected chi connectivity index (χ2v) is 5.23. The lowest BCUT2D eigenvalue weighted by Gasteiger charge is -2.23. The summed E-state index contributed by atoms with van der Waals surface area (Å²) in [7, 11) is 1.55. The summed E-state index contributed by atoms with van der Waals surface area (Å²) in [6, 6.07) is 4.44. The van der Waals surface area contributed by atoms with Gasteiger partial charge >= 0.3 is 5.97 Å². The summed E-state index contributed by atoms with van der Waals surface area (Å²) < 4.78 is 5.21. The van der Waals surface area contributed by atoms with Crippen molar-refractivity contribution < 1.29 is 19.4 Å². The molecule has 1 aliphatic rings. The standard InChI is InChI=1S/C15H19NO4/c1-9-4-5-11(8-12(9)20-3)14(17)16-7-6-10(2)13(16)15(18)19/h4-5,8,10,13H,6-7H2,1-3H3,(H,18,19). The lowest BCUT2D eigenvalue weighted by atomic mass is 10.0. The lowest BCUT2D eigenvalue weighted by Crippen LogP contribution is -2.42. The van der Waals surface area contributed by atoms with Crippen LogP contribution in [0.5, 0.6) is 5.75 Å². The van der Waals surface area contributed by atoms with E-state index in [2.05, 4.69) is 0 Å². The van der Waals surface area contributed by atoms with E-state index in [1.807, 2.05) is 13.8 Å². The van der Waals surface area contributed by atoms with Crippen LogP contribution < -0.4 is 4.74 Å². The Morgan fingerprint density at radius 3 is 2.70 bits per heavy atom. The summed E-state index contributed by atoms with van der Waals surface area (Å²) in [4.78, 5) is 25.3. The molecule has 0 bridgehead atoms. The Bertz CT molecular complexity index is 541. The molecule has 1 saturated heterocycles. The molecule has 5 nitrogen and oxygen atoms in total. The average Bonchev–Trinajstić information content (AvgIpc) is 2.80. The van der Waals surface area contributed by atoms with Crippen LogP contribution in [0.25, 0.3) is 0 Å². The highest BCUT2D eigenvalue weighted by molar-refractivity contribution is 5.97. The van der Waals surface area contributed by atoms with E-state index in [1.165, 1.54) is 4.90 Å². The highest BCUT2D eigenvalue weighted by Crippen LogP contribution is 2.27. The molecule has 0 spiro atoms. The van der Waals surface area contributed by atoms with Crippen molar-refractivity contribution in [2.45, 2.75) is 26.3 Å². The molecule has 2 atom stereocenters. The van der Waals surface area contributed by atoms with Gasteiger partial charge in [-0.25, -0.2) is 4.79 Å². The molecule has 1 amide bonds. The van der Waals surface area contributed by atoms with Gasteiger partial charge in [0.2, 0.25) is 0 Å². The minimum atomic E-state index is -0.942. The highest BCUT2D eigenvalue weighted by atomic mass is 16.5. The molecule has 2 unspecified atom stereocenters. The number of carboxylic acid groups (broad SMARTS) is 1. The number of aryl methyl sites for hydroxylation is 1. The molecule has 5 heteroatoms. The van der Waals surface area contributed by atoms with Crippen LogP contribution in [-0.4, -0.2) is 41.6 Å². The van der Waals surface area contributed by atoms with Crippen molar-refractivity contribution in [1.82, 2.24) is 4.90 Å². The van der Waals surface area contributed by atoms with E-state index < -0.39 is 12.0 Å². The topological polar surface area (TPSA) is 66.8 Å². The number of amides is 1. The van der Waals surface area contributed by atoms with Crippen LogP contribution in [0.3, 0.4) is 0 Å². The first-order valence-corrected chi connectivity index (χ1v) is 6.64. The van der Waals surface area contributed by atoms with Crippen LogP contribution >= 0.6 is 0 Å². The predicted octanol–water partition coefficient (Wildman–Crippen LogP) is 1.94. The molecule has 1 aromatic carbocycles. The molecular weight excluding hydrogens is 258 g/mol. The van der Waals surface area contributed by atoms with E-state index in [-0.39, 0.29) is 11.8 Å². The first kappa shape index (κ1) is 14.4. The monoisotopic (exact) mass is 277 g/mol. The zero-order valence-electron chi connectivity index (χ0n) is 11.9. The van der Waals surface area contributed by atoms with E-state index >= 15 is 0 Å². The molecule has 0 saturated carbocycles. The average molecular weight is 277 g/mol. The lowest BCUT2D eigenvalue weighted by molar-refractivity contribution is -0.142. The number of carboxylic acids is 1. The highest BCUT2D eigenvalue weighted by Gasteiger charge is 2.39. The Morgan fingerprint density at radius 2 is 2.10 bits per heavy atom. The summed E-state index contributed by atoms with van der Waals surface area (Å²) in [5.41, 5.74) is 1.40. The van der Waals surface area contributed by atoms with Crippen molar-refractivity contribution in [2.24, 2.45) is 5.92 Å². The maximum absolute atomic E-state index is 12.5. The molecule has 1 heterocycles. The Morgan fingerprint density at radius 1 is 1.40 bits per heavy atom. The van der Waals surface area contributed by atoms with Crippen LogP contribution in [-0.2, 0) is 4.79 Å². The maximum atomic E-state index is 12.5. The molecule has 108 valence electrons. The van der Waals surface area contributed by atoms with Gasteiger partial charge in [-0.2, -0.15) is 0 Å². The molecule has 0 aliphatic carbocycles. The second-order valence-electron chi connectivity index (χ2n) is 5.23. The molecule has 1 N–H and O–H groups in total. The van der Waals surface area contributed by atoms with Gasteiger partial charge in [0.1, 0.15) is 11.8 Å². The SMILES string of the molecule is COc1cc(C(=O)N2CCC(C)C2C(=O)O)ccc1C. The number of aliphatic carboxylic acids is 1. The van der Waals surface area contributed by atoms with Gasteiger partial charge in [-0.3, -0.25) is 4.79 Å². The summed E-state index contributed by atoms with van der Waals surface area (Å²) in [6.45, 7) is 4.24. The molecule has 1 aromatic rings. The third-order valence-electron chi connectivity index (χ3n) is 3.87. The smallest absolute Gasteiger partial charge is 0.326 e. The van der Waals surface area contributed by atoms with Crippen molar-refractivity contribution in [3.05, 3.63) is 29.3 Å². The Kier molecular flexibility index (Phi) is 3.97. The fourth-order valence-corrected chi connectivity index (χ4v) is 2.67. The van der Waals surface area contributed by atoms with E-state index in [9.17, 15) is 14.7 Å². The number of likely N-dealkylation sites (tertiary alicyclic amines) is 1. The van der Waals surface area contributed by atoms with Gasteiger partial charge in [0.25, 0.3) is 5.91 Å². The van der Waals surface area contributed by atoms with E-state index in [1.54, 1.807) is 25.3 Å². The summed E-state index contributed by atoms with van der Waals surface area (Å²) in [5.74, 6) is -0.582. The van der Waals surface area contributed by atoms with Gasteiger partial charge in [-0.1, -0.05) is 13.0 Å². The Balaban J connectivity index is 2.29. The van der Waals surface area contributed by atoms with E-state index in [0.29, 0.717) is 24.3 Å². The van der Waals surface area contributed by atoms with Gasteiger partial charge in [0.15, 0.2) is 0 Å². The number of methoxy groups -OCH3 is 1. The second kappa shape index (κ2) is 5.53. The molecule has 20 heavy (non-hydrogen) atoms. The van der Waals surface area contributed by atoms with Crippen LogP contribution in [0.4, 0.5) is 0 Å². The Labute approximate surface area is 118 Å². The zero-order chi connectivity index (χ0) is 14.9. The van der Waals surface area contributed by atoms with Crippen LogP contribution in [0, 0.1) is 12.8 Å². The van der Waals surface area contributed by atoms with Crippen LogP contribution in [0.15, 0.2) is 18.2 Å². The van der Waals surface area contributed by atoms with Crippen LogP contribution in [0.1, 0.15) is 29.3 Å². The summed E-state index contributed by atoms with van der Waals surface area (Å²) >= 11 is 0. The number of carbonyl (C=O) groups excluding carboxylic acids is 1. The van der Waals surface area contributed by atoms with Crippen molar-refractivity contribution in [1.29, 1.82) is 0 Å². The van der Waals surface area contributed by atoms with Crippen molar-refractivity contribution in [3.8, 4) is 5.75 Å². The number of benzene rings is 1. The number of hydrogen-bond acceptors (Lipinski definition) is 3. The molecule has 0 radical (unpaired) electrons. The number of nitrogens with zero attached hydrogens (tertiary/aromatic N) is 1. The van der Waals surface area contributed by atoms with Crippen molar-refractivity contribution >= 4 is 11.9 Å². The van der Waals surface area contributed by atoms with E-state index in [0.717, 1.165) is 5.56 Å². The first-order valence-electron chi connectivity index (χ1n) is 6.64. The fraction of sp³-hybridized carbons (Fsp3) is 0.467. The third kappa shape index (κ3) is 2.48. The van der Waals surface area contributed by atoms with Gasteiger partial charge in [-0.05, 0) is 37.0 Å². The minimum absolute atomic E-state index is 0.0243. The number of rotatable bonds is 3. The normalized spacial score (nSPS) is 21.9. The fourth-order valence-electron chi connectivity index (χ4n) is 2.67. The largest absolute Gasteiger partial charge is 0.496 e. The Hall–Kier alpha value is -2.04. The summed E-state index contributed by atoms with van der Waals surface area (Å²) in [6.07, 6.45) is 0.714. The van der Waals surface area contributed by atoms with Crippen molar-refractivity contribution in [2.75, 3.05) is 13.7 Å². The van der Waals surface area contributed by atoms with E-state index in [4.69, 9.17) is 4.74 Å². The zero-order valence-corrected chi connectivity index (χ0v) is 11.9. The van der Waals surface area contributed by atoms with Gasteiger partial charge in [-0.15, -0.1) is 0 Å². The van der Waals surface area contributed by atoms with Gasteiger partial charge in [0.05, 0.1) is 7.11 Å². The maximum Gasteiger partial charge on any atom is 0.326 e. The predicted molar refractivity (Wildman–Crippen MR) is 74.0 cm³/mol. The number of carbonyl (C=O) groups is 2. The van der Waals surface area contributed by atoms with Crippen LogP contribution in [0.2, 0.25) is 0 Å². The molecule has 1 aliphatic heterocycles. The van der Waals surface area contributed by atoms with Gasteiger partial charge < -0.3 is 14.7 Å². The summed E-state index contributed by atoms with van der Waals surface area (Å²) in [5, 5.41) is 9.28. The quantitative estimate of drug-likeness (QED) is 0.917. The number of ether oxygens (including phenoxy) is 1. The van der Waals surface area contributed by atoms with Crippen molar-refractivity contribution in [3.63, 3.8) is 0 Å². The molecular formula is C15H19NO4. The molecule has 0 aromatic heterocycles. The molecule has 2 rings (SSSR count). The van der Waals surface area contributed by atoms with Gasteiger partial charge in [0, 0.05) is 12.1 Å².